The first-order valence-electron chi connectivity index (χ1n) is 7.34. The lowest BCUT2D eigenvalue weighted by Gasteiger charge is -2.29. The summed E-state index contributed by atoms with van der Waals surface area (Å²) in [6.45, 7) is 4.77. The zero-order chi connectivity index (χ0) is 15.2. The van der Waals surface area contributed by atoms with E-state index in [0.717, 1.165) is 42.2 Å². The second kappa shape index (κ2) is 7.60. The van der Waals surface area contributed by atoms with E-state index < -0.39 is 0 Å². The molecule has 4 nitrogen and oxygen atoms in total. The van der Waals surface area contributed by atoms with Crippen LogP contribution in [0.3, 0.4) is 0 Å². The minimum Gasteiger partial charge on any atom is -0.384 e. The number of thiophene rings is 1. The van der Waals surface area contributed by atoms with Crippen LogP contribution in [-0.2, 0) is 0 Å². The Hall–Kier alpha value is -1.35. The topological polar surface area (TPSA) is 43.8 Å². The lowest BCUT2D eigenvalue weighted by Crippen LogP contribution is -2.43. The van der Waals surface area contributed by atoms with Gasteiger partial charge < -0.3 is 14.9 Å². The van der Waals surface area contributed by atoms with E-state index in [9.17, 15) is 4.79 Å². The van der Waals surface area contributed by atoms with Crippen LogP contribution in [0.1, 0.15) is 34.3 Å². The highest BCUT2D eigenvalue weighted by molar-refractivity contribution is 7.14. The third-order valence-corrected chi connectivity index (χ3v) is 4.73. The van der Waals surface area contributed by atoms with Crippen molar-refractivity contribution in [3.05, 3.63) is 21.9 Å². The zero-order valence-corrected chi connectivity index (χ0v) is 13.4. The fourth-order valence-electron chi connectivity index (χ4n) is 2.65. The van der Waals surface area contributed by atoms with E-state index >= 15 is 0 Å². The first-order valence-corrected chi connectivity index (χ1v) is 8.16. The van der Waals surface area contributed by atoms with Crippen molar-refractivity contribution in [2.75, 3.05) is 33.3 Å². The average Bonchev–Trinajstić information content (AvgIpc) is 2.87. The number of rotatable bonds is 2. The van der Waals surface area contributed by atoms with E-state index in [1.54, 1.807) is 0 Å². The molecule has 1 unspecified atom stereocenters. The van der Waals surface area contributed by atoms with Gasteiger partial charge >= 0.3 is 0 Å². The molecular formula is C16H22N2O2S. The van der Waals surface area contributed by atoms with Gasteiger partial charge in [0, 0.05) is 19.1 Å². The van der Waals surface area contributed by atoms with Crippen molar-refractivity contribution >= 4 is 17.2 Å². The summed E-state index contributed by atoms with van der Waals surface area (Å²) in [4.78, 5) is 18.6. The molecule has 21 heavy (non-hydrogen) atoms. The molecule has 0 aliphatic carbocycles. The molecule has 1 aliphatic heterocycles. The van der Waals surface area contributed by atoms with Gasteiger partial charge in [-0.15, -0.1) is 11.3 Å². The van der Waals surface area contributed by atoms with E-state index in [0.29, 0.717) is 0 Å². The first-order chi connectivity index (χ1) is 10.2. The van der Waals surface area contributed by atoms with Crippen LogP contribution in [0.2, 0.25) is 0 Å². The van der Waals surface area contributed by atoms with E-state index in [1.165, 1.54) is 11.3 Å². The summed E-state index contributed by atoms with van der Waals surface area (Å²) in [5, 5.41) is 8.72. The molecule has 0 bridgehead atoms. The van der Waals surface area contributed by atoms with E-state index in [1.807, 2.05) is 17.0 Å². The van der Waals surface area contributed by atoms with Gasteiger partial charge in [-0.3, -0.25) is 4.79 Å². The maximum absolute atomic E-state index is 12.7. The number of carbonyl (C=O) groups excluding carboxylic acids is 1. The molecule has 1 amide bonds. The molecule has 1 aromatic rings. The Balaban J connectivity index is 2.15. The molecule has 114 valence electrons. The second-order valence-corrected chi connectivity index (χ2v) is 6.38. The van der Waals surface area contributed by atoms with Crippen LogP contribution in [-0.4, -0.2) is 60.1 Å². The summed E-state index contributed by atoms with van der Waals surface area (Å²) >= 11 is 1.41. The van der Waals surface area contributed by atoms with E-state index in [4.69, 9.17) is 5.11 Å². The smallest absolute Gasteiger partial charge is 0.264 e. The summed E-state index contributed by atoms with van der Waals surface area (Å²) in [5.41, 5.74) is 0. The van der Waals surface area contributed by atoms with Crippen LogP contribution < -0.4 is 0 Å². The van der Waals surface area contributed by atoms with Crippen molar-refractivity contribution in [3.63, 3.8) is 0 Å². The fourth-order valence-corrected chi connectivity index (χ4v) is 3.49. The van der Waals surface area contributed by atoms with Gasteiger partial charge in [0.05, 0.1) is 9.75 Å². The predicted molar refractivity (Wildman–Crippen MR) is 85.5 cm³/mol. The van der Waals surface area contributed by atoms with Crippen LogP contribution in [0.15, 0.2) is 12.1 Å². The lowest BCUT2D eigenvalue weighted by molar-refractivity contribution is 0.0680. The van der Waals surface area contributed by atoms with Gasteiger partial charge in [0.1, 0.15) is 6.61 Å². The minimum atomic E-state index is -0.155. The Bertz CT molecular complexity index is 544. The minimum absolute atomic E-state index is 0.110. The molecule has 5 heteroatoms. The highest BCUT2D eigenvalue weighted by atomic mass is 32.1. The van der Waals surface area contributed by atoms with Gasteiger partial charge in [-0.1, -0.05) is 18.8 Å². The number of likely N-dealkylation sites (N-methyl/N-ethyl adjacent to an activating group) is 1. The van der Waals surface area contributed by atoms with Gasteiger partial charge in [0.25, 0.3) is 5.91 Å². The average molecular weight is 306 g/mol. The molecule has 2 rings (SSSR count). The Kier molecular flexibility index (Phi) is 5.80. The van der Waals surface area contributed by atoms with Crippen LogP contribution in [0.25, 0.3) is 0 Å². The maximum Gasteiger partial charge on any atom is 0.264 e. The van der Waals surface area contributed by atoms with Gasteiger partial charge in [0.15, 0.2) is 0 Å². The van der Waals surface area contributed by atoms with Crippen molar-refractivity contribution in [3.8, 4) is 11.8 Å². The van der Waals surface area contributed by atoms with E-state index in [-0.39, 0.29) is 18.6 Å². The van der Waals surface area contributed by atoms with Crippen LogP contribution in [0.5, 0.6) is 0 Å². The molecule has 0 aromatic carbocycles. The molecule has 1 aromatic heterocycles. The van der Waals surface area contributed by atoms with Crippen molar-refractivity contribution in [1.82, 2.24) is 9.80 Å². The van der Waals surface area contributed by atoms with Crippen LogP contribution in [0, 0.1) is 11.8 Å². The van der Waals surface area contributed by atoms with E-state index in [2.05, 4.69) is 30.7 Å². The van der Waals surface area contributed by atoms with Gasteiger partial charge in [-0.2, -0.15) is 0 Å². The molecule has 1 aliphatic rings. The third kappa shape index (κ3) is 4.07. The Morgan fingerprint density at radius 3 is 3.00 bits per heavy atom. The number of nitrogens with zero attached hydrogens (tertiary/aromatic N) is 2. The summed E-state index contributed by atoms with van der Waals surface area (Å²) in [5.74, 6) is 5.58. The lowest BCUT2D eigenvalue weighted by atomic mass is 10.1. The molecule has 0 radical (unpaired) electrons. The number of aliphatic hydroxyl groups is 1. The number of amides is 1. The molecule has 1 fully saturated rings. The number of aliphatic hydroxyl groups excluding tert-OH is 1. The zero-order valence-electron chi connectivity index (χ0n) is 12.6. The van der Waals surface area contributed by atoms with Crippen molar-refractivity contribution in [2.24, 2.45) is 0 Å². The number of hydrogen-bond acceptors (Lipinski definition) is 4. The molecule has 1 N–H and O–H groups in total. The van der Waals surface area contributed by atoms with Gasteiger partial charge in [-0.05, 0) is 38.6 Å². The second-order valence-electron chi connectivity index (χ2n) is 5.30. The van der Waals surface area contributed by atoms with Crippen molar-refractivity contribution in [2.45, 2.75) is 25.8 Å². The number of carbonyl (C=O) groups is 1. The quantitative estimate of drug-likeness (QED) is 0.845. The molecule has 1 saturated heterocycles. The summed E-state index contributed by atoms with van der Waals surface area (Å²) in [7, 11) is 2.12. The van der Waals surface area contributed by atoms with Gasteiger partial charge in [-0.25, -0.2) is 0 Å². The maximum atomic E-state index is 12.7. The predicted octanol–water partition coefficient (Wildman–Crippen LogP) is 1.65. The first kappa shape index (κ1) is 16.0. The van der Waals surface area contributed by atoms with Crippen LogP contribution in [0.4, 0.5) is 0 Å². The summed E-state index contributed by atoms with van der Waals surface area (Å²) < 4.78 is 0. The molecule has 2 heterocycles. The summed E-state index contributed by atoms with van der Waals surface area (Å²) in [6.07, 6.45) is 1.99. The Morgan fingerprint density at radius 1 is 1.48 bits per heavy atom. The monoisotopic (exact) mass is 306 g/mol. The molecule has 1 atom stereocenters. The molecule has 0 saturated carbocycles. The third-order valence-electron chi connectivity index (χ3n) is 3.74. The molecular weight excluding hydrogens is 284 g/mol. The van der Waals surface area contributed by atoms with Gasteiger partial charge in [0.2, 0.25) is 0 Å². The van der Waals surface area contributed by atoms with Crippen molar-refractivity contribution < 1.29 is 9.90 Å². The normalized spacial score (nSPS) is 19.8. The molecule has 0 spiro atoms. The highest BCUT2D eigenvalue weighted by Gasteiger charge is 2.27. The SMILES string of the molecule is CCC1CN(C)CCCN1C(=O)c1ccc(C#CCO)s1. The van der Waals surface area contributed by atoms with Crippen molar-refractivity contribution in [1.29, 1.82) is 0 Å². The Morgan fingerprint density at radius 2 is 2.29 bits per heavy atom. The standard InChI is InChI=1S/C16H22N2O2S/c1-3-13-12-17(2)9-5-10-18(13)16(20)15-8-7-14(21-15)6-4-11-19/h7-8,13,19H,3,5,9-12H2,1-2H3. The summed E-state index contributed by atoms with van der Waals surface area (Å²) in [6, 6.07) is 3.97. The number of hydrogen-bond donors (Lipinski definition) is 1. The fraction of sp³-hybridized carbons (Fsp3) is 0.562. The Labute approximate surface area is 130 Å². The largest absolute Gasteiger partial charge is 0.384 e. The highest BCUT2D eigenvalue weighted by Crippen LogP contribution is 2.21. The van der Waals surface area contributed by atoms with Crippen LogP contribution >= 0.6 is 11.3 Å².